The maximum atomic E-state index is 13.1. The molecule has 1 heterocycles. The molecular formula is C28H41N3O2. The Morgan fingerprint density at radius 3 is 2.52 bits per heavy atom. The van der Waals surface area contributed by atoms with E-state index in [4.69, 9.17) is 4.74 Å². The van der Waals surface area contributed by atoms with Gasteiger partial charge in [0.1, 0.15) is 5.75 Å². The molecule has 180 valence electrons. The monoisotopic (exact) mass is 451 g/mol. The average Bonchev–Trinajstić information content (AvgIpc) is 3.36. The van der Waals surface area contributed by atoms with E-state index in [2.05, 4.69) is 41.9 Å². The van der Waals surface area contributed by atoms with Crippen LogP contribution in [0.4, 0.5) is 0 Å². The van der Waals surface area contributed by atoms with Crippen LogP contribution in [0.1, 0.15) is 69.5 Å². The molecular weight excluding hydrogens is 410 g/mol. The fourth-order valence-corrected chi connectivity index (χ4v) is 4.39. The minimum atomic E-state index is -0.201. The summed E-state index contributed by atoms with van der Waals surface area (Å²) in [6, 6.07) is 18.6. The van der Waals surface area contributed by atoms with E-state index in [1.165, 1.54) is 25.7 Å². The first-order chi connectivity index (χ1) is 16.1. The Morgan fingerprint density at radius 2 is 1.85 bits per heavy atom. The summed E-state index contributed by atoms with van der Waals surface area (Å²) < 4.78 is 5.97. The molecule has 0 aliphatic carbocycles. The third-order valence-corrected chi connectivity index (χ3v) is 6.51. The third kappa shape index (κ3) is 8.17. The van der Waals surface area contributed by atoms with Crippen LogP contribution in [0.5, 0.6) is 5.75 Å². The Balaban J connectivity index is 1.63. The molecule has 0 radical (unpaired) electrons. The van der Waals surface area contributed by atoms with Gasteiger partial charge in [-0.2, -0.15) is 0 Å². The Hall–Kier alpha value is -2.37. The van der Waals surface area contributed by atoms with Crippen LogP contribution in [0.25, 0.3) is 0 Å². The van der Waals surface area contributed by atoms with Crippen molar-refractivity contribution in [3.8, 4) is 5.75 Å². The molecule has 0 aromatic heterocycles. The summed E-state index contributed by atoms with van der Waals surface area (Å²) in [4.78, 5) is 13.1. The van der Waals surface area contributed by atoms with Crippen LogP contribution in [0, 0.1) is 5.92 Å². The van der Waals surface area contributed by atoms with Crippen molar-refractivity contribution in [1.82, 2.24) is 16.0 Å². The van der Waals surface area contributed by atoms with Gasteiger partial charge in [0, 0.05) is 19.1 Å². The van der Waals surface area contributed by atoms with Gasteiger partial charge in [-0.3, -0.25) is 4.79 Å². The second-order valence-corrected chi connectivity index (χ2v) is 9.42. The van der Waals surface area contributed by atoms with Crippen LogP contribution >= 0.6 is 0 Å². The van der Waals surface area contributed by atoms with Crippen molar-refractivity contribution >= 4 is 5.91 Å². The number of hydrogen-bond acceptors (Lipinski definition) is 4. The molecule has 5 heteroatoms. The fraction of sp³-hybridized carbons (Fsp3) is 0.536. The molecule has 1 aliphatic rings. The first kappa shape index (κ1) is 25.3. The van der Waals surface area contributed by atoms with E-state index in [0.29, 0.717) is 18.5 Å². The first-order valence-corrected chi connectivity index (χ1v) is 12.6. The van der Waals surface area contributed by atoms with Crippen molar-refractivity contribution in [3.05, 3.63) is 65.7 Å². The van der Waals surface area contributed by atoms with E-state index < -0.39 is 0 Å². The largest absolute Gasteiger partial charge is 0.493 e. The fourth-order valence-electron chi connectivity index (χ4n) is 4.39. The van der Waals surface area contributed by atoms with Gasteiger partial charge in [0.05, 0.1) is 18.6 Å². The summed E-state index contributed by atoms with van der Waals surface area (Å²) in [6.07, 6.45) is 4.79. The molecule has 1 fully saturated rings. The molecule has 33 heavy (non-hydrogen) atoms. The van der Waals surface area contributed by atoms with Gasteiger partial charge in [-0.05, 0) is 61.9 Å². The lowest BCUT2D eigenvalue weighted by molar-refractivity contribution is -0.123. The number of hydrogen-bond donors (Lipinski definition) is 3. The molecule has 0 bridgehead atoms. The highest BCUT2D eigenvalue weighted by Gasteiger charge is 2.21. The highest BCUT2D eigenvalue weighted by atomic mass is 16.5. The number of ether oxygens (including phenoxy) is 1. The predicted molar refractivity (Wildman–Crippen MR) is 136 cm³/mol. The lowest BCUT2D eigenvalue weighted by Gasteiger charge is -2.23. The molecule has 1 amide bonds. The smallest absolute Gasteiger partial charge is 0.227 e. The third-order valence-electron chi connectivity index (χ3n) is 6.51. The van der Waals surface area contributed by atoms with Crippen molar-refractivity contribution in [2.75, 3.05) is 26.2 Å². The van der Waals surface area contributed by atoms with E-state index in [1.807, 2.05) is 49.4 Å². The number of carbonyl (C=O) groups is 1. The molecule has 1 aliphatic heterocycles. The van der Waals surface area contributed by atoms with Crippen molar-refractivity contribution < 1.29 is 9.53 Å². The highest BCUT2D eigenvalue weighted by molar-refractivity contribution is 5.83. The molecule has 5 nitrogen and oxygen atoms in total. The van der Waals surface area contributed by atoms with Gasteiger partial charge >= 0.3 is 0 Å². The SMILES string of the molecule is CCCC(C)COc1ccc(C(CNCC2CCCN2)NC(=O)C(C)c2ccccc2)cc1. The quantitative estimate of drug-likeness (QED) is 0.409. The number of benzene rings is 2. The highest BCUT2D eigenvalue weighted by Crippen LogP contribution is 2.21. The second-order valence-electron chi connectivity index (χ2n) is 9.42. The predicted octanol–water partition coefficient (Wildman–Crippen LogP) is 4.80. The zero-order valence-corrected chi connectivity index (χ0v) is 20.5. The van der Waals surface area contributed by atoms with Gasteiger partial charge in [-0.25, -0.2) is 0 Å². The maximum Gasteiger partial charge on any atom is 0.227 e. The first-order valence-electron chi connectivity index (χ1n) is 12.6. The molecule has 3 rings (SSSR count). The standard InChI is InChI=1S/C28H41N3O2/c1-4-9-21(2)20-33-26-15-13-24(14-16-26)27(19-29-18-25-12-8-17-30-25)31-28(32)22(3)23-10-6-5-7-11-23/h5-7,10-11,13-16,21-22,25,27,29-30H,4,8-9,12,17-20H2,1-3H3,(H,31,32). The Labute approximate surface area is 199 Å². The van der Waals surface area contributed by atoms with E-state index >= 15 is 0 Å². The minimum Gasteiger partial charge on any atom is -0.493 e. The van der Waals surface area contributed by atoms with Gasteiger partial charge in [0.25, 0.3) is 0 Å². The minimum absolute atomic E-state index is 0.0423. The summed E-state index contributed by atoms with van der Waals surface area (Å²) in [5.41, 5.74) is 2.12. The van der Waals surface area contributed by atoms with Crippen molar-refractivity contribution in [2.45, 2.75) is 64.5 Å². The molecule has 4 atom stereocenters. The number of amides is 1. The molecule has 1 saturated heterocycles. The van der Waals surface area contributed by atoms with Gasteiger partial charge < -0.3 is 20.7 Å². The van der Waals surface area contributed by atoms with Crippen LogP contribution in [0.15, 0.2) is 54.6 Å². The normalized spacial score (nSPS) is 18.5. The van der Waals surface area contributed by atoms with Crippen molar-refractivity contribution in [1.29, 1.82) is 0 Å². The van der Waals surface area contributed by atoms with Gasteiger partial charge in [-0.15, -0.1) is 0 Å². The van der Waals surface area contributed by atoms with E-state index in [1.54, 1.807) is 0 Å². The summed E-state index contributed by atoms with van der Waals surface area (Å²) in [5.74, 6) is 1.27. The Bertz CT molecular complexity index is 819. The van der Waals surface area contributed by atoms with Crippen LogP contribution < -0.4 is 20.7 Å². The van der Waals surface area contributed by atoms with E-state index in [9.17, 15) is 4.79 Å². The van der Waals surface area contributed by atoms with Crippen LogP contribution in [-0.4, -0.2) is 38.2 Å². The molecule has 0 saturated carbocycles. The maximum absolute atomic E-state index is 13.1. The van der Waals surface area contributed by atoms with Crippen molar-refractivity contribution in [2.24, 2.45) is 5.92 Å². The summed E-state index contributed by atoms with van der Waals surface area (Å²) in [6.45, 7) is 9.83. The van der Waals surface area contributed by atoms with Crippen LogP contribution in [0.3, 0.4) is 0 Å². The average molecular weight is 452 g/mol. The molecule has 0 spiro atoms. The number of carbonyl (C=O) groups excluding carboxylic acids is 1. The summed E-state index contributed by atoms with van der Waals surface area (Å²) in [7, 11) is 0. The second kappa shape index (κ2) is 13.4. The van der Waals surface area contributed by atoms with E-state index in [-0.39, 0.29) is 17.9 Å². The number of nitrogens with one attached hydrogen (secondary N) is 3. The Morgan fingerprint density at radius 1 is 1.09 bits per heavy atom. The van der Waals surface area contributed by atoms with Gasteiger partial charge in [-0.1, -0.05) is 62.7 Å². The topological polar surface area (TPSA) is 62.4 Å². The van der Waals surface area contributed by atoms with Crippen LogP contribution in [-0.2, 0) is 4.79 Å². The lowest BCUT2D eigenvalue weighted by atomic mass is 9.99. The summed E-state index contributed by atoms with van der Waals surface area (Å²) in [5, 5.41) is 10.4. The zero-order chi connectivity index (χ0) is 23.5. The van der Waals surface area contributed by atoms with Crippen LogP contribution in [0.2, 0.25) is 0 Å². The summed E-state index contributed by atoms with van der Waals surface area (Å²) >= 11 is 0. The molecule has 3 N–H and O–H groups in total. The Kier molecular flexibility index (Phi) is 10.2. The van der Waals surface area contributed by atoms with Gasteiger partial charge in [0.2, 0.25) is 5.91 Å². The zero-order valence-electron chi connectivity index (χ0n) is 20.5. The molecule has 2 aromatic rings. The lowest BCUT2D eigenvalue weighted by Crippen LogP contribution is -2.41. The molecule has 4 unspecified atom stereocenters. The van der Waals surface area contributed by atoms with Gasteiger partial charge in [0.15, 0.2) is 0 Å². The van der Waals surface area contributed by atoms with Crippen molar-refractivity contribution in [3.63, 3.8) is 0 Å². The van der Waals surface area contributed by atoms with E-state index in [0.717, 1.165) is 36.6 Å². The number of rotatable bonds is 13. The molecule has 2 aromatic carbocycles.